The van der Waals surface area contributed by atoms with Crippen LogP contribution in [0.1, 0.15) is 31.7 Å². The van der Waals surface area contributed by atoms with Crippen molar-refractivity contribution in [2.24, 2.45) is 0 Å². The lowest BCUT2D eigenvalue weighted by Crippen LogP contribution is -2.29. The van der Waals surface area contributed by atoms with Crippen molar-refractivity contribution in [1.29, 1.82) is 0 Å². The lowest BCUT2D eigenvalue weighted by Gasteiger charge is -2.18. The van der Waals surface area contributed by atoms with Crippen molar-refractivity contribution in [3.63, 3.8) is 0 Å². The van der Waals surface area contributed by atoms with Gasteiger partial charge in [-0.2, -0.15) is 13.1 Å². The predicted molar refractivity (Wildman–Crippen MR) is 81.6 cm³/mol. The largest absolute Gasteiger partial charge is 0.506 e. The molecule has 1 heterocycles. The number of benzene rings is 1. The zero-order valence-electron chi connectivity index (χ0n) is 12.1. The Balaban J connectivity index is 2.11. The molecule has 1 aliphatic heterocycles. The molecule has 118 valence electrons. The van der Waals surface area contributed by atoms with Gasteiger partial charge in [0.1, 0.15) is 5.75 Å². The molecule has 0 radical (unpaired) electrons. The van der Waals surface area contributed by atoms with Crippen LogP contribution >= 0.6 is 0 Å². The van der Waals surface area contributed by atoms with Crippen molar-refractivity contribution in [3.8, 4) is 5.75 Å². The van der Waals surface area contributed by atoms with Crippen molar-refractivity contribution < 1.29 is 18.6 Å². The lowest BCUT2D eigenvalue weighted by atomic mass is 10.0. The second-order valence-corrected chi connectivity index (χ2v) is 6.97. The normalized spacial score (nSPS) is 18.9. The number of phenolic OH excluding ortho intramolecular Hbond substituents is 1. The van der Waals surface area contributed by atoms with Gasteiger partial charge in [0.25, 0.3) is 0 Å². The summed E-state index contributed by atoms with van der Waals surface area (Å²) in [5, 5.41) is 19.9. The van der Waals surface area contributed by atoms with Crippen molar-refractivity contribution >= 4 is 15.9 Å². The number of phenols is 1. The van der Waals surface area contributed by atoms with E-state index in [0.29, 0.717) is 19.5 Å². The highest BCUT2D eigenvalue weighted by Crippen LogP contribution is 2.31. The van der Waals surface area contributed by atoms with Crippen LogP contribution in [0.3, 0.4) is 0 Å². The SMILES string of the molecule is CCCCC(O)Cc1ccc(N2CCNS2(=O)=O)c(O)c1. The lowest BCUT2D eigenvalue weighted by molar-refractivity contribution is 0.161. The Morgan fingerprint density at radius 1 is 1.43 bits per heavy atom. The first kappa shape index (κ1) is 16.1. The highest BCUT2D eigenvalue weighted by Gasteiger charge is 2.29. The molecule has 0 aliphatic carbocycles. The average molecular weight is 314 g/mol. The molecule has 1 aliphatic rings. The van der Waals surface area contributed by atoms with Crippen molar-refractivity contribution in [2.45, 2.75) is 38.7 Å². The summed E-state index contributed by atoms with van der Waals surface area (Å²) in [5.74, 6) is -0.0810. The zero-order valence-corrected chi connectivity index (χ0v) is 12.9. The molecule has 0 saturated carbocycles. The second kappa shape index (κ2) is 6.64. The van der Waals surface area contributed by atoms with Gasteiger partial charge in [-0.15, -0.1) is 0 Å². The van der Waals surface area contributed by atoms with E-state index in [-0.39, 0.29) is 11.4 Å². The number of rotatable bonds is 6. The van der Waals surface area contributed by atoms with Gasteiger partial charge in [-0.05, 0) is 30.5 Å². The van der Waals surface area contributed by atoms with Gasteiger partial charge in [0.05, 0.1) is 11.8 Å². The Labute approximate surface area is 125 Å². The van der Waals surface area contributed by atoms with Gasteiger partial charge in [-0.1, -0.05) is 25.8 Å². The maximum Gasteiger partial charge on any atom is 0.301 e. The first-order valence-electron chi connectivity index (χ1n) is 7.21. The van der Waals surface area contributed by atoms with Gasteiger partial charge in [-0.25, -0.2) is 0 Å². The first-order valence-corrected chi connectivity index (χ1v) is 8.65. The van der Waals surface area contributed by atoms with Gasteiger partial charge in [-0.3, -0.25) is 4.31 Å². The summed E-state index contributed by atoms with van der Waals surface area (Å²) in [6, 6.07) is 4.86. The fraction of sp³-hybridized carbons (Fsp3) is 0.571. The number of anilines is 1. The van der Waals surface area contributed by atoms with Crippen molar-refractivity contribution in [3.05, 3.63) is 23.8 Å². The number of nitrogens with one attached hydrogen (secondary N) is 1. The molecule has 1 aromatic carbocycles. The van der Waals surface area contributed by atoms with Crippen LogP contribution in [-0.4, -0.2) is 37.8 Å². The van der Waals surface area contributed by atoms with Crippen LogP contribution in [0, 0.1) is 0 Å². The van der Waals surface area contributed by atoms with Crippen LogP contribution in [-0.2, 0) is 16.6 Å². The summed E-state index contributed by atoms with van der Waals surface area (Å²) in [7, 11) is -3.54. The Hall–Kier alpha value is -1.31. The maximum absolute atomic E-state index is 11.8. The van der Waals surface area contributed by atoms with Crippen LogP contribution in [0.2, 0.25) is 0 Å². The van der Waals surface area contributed by atoms with Gasteiger partial charge in [0.15, 0.2) is 0 Å². The van der Waals surface area contributed by atoms with Crippen LogP contribution in [0.25, 0.3) is 0 Å². The molecule has 6 nitrogen and oxygen atoms in total. The van der Waals surface area contributed by atoms with Crippen molar-refractivity contribution in [1.82, 2.24) is 4.72 Å². The van der Waals surface area contributed by atoms with E-state index in [0.717, 1.165) is 29.1 Å². The van der Waals surface area contributed by atoms with Gasteiger partial charge >= 0.3 is 10.2 Å². The smallest absolute Gasteiger partial charge is 0.301 e. The molecule has 7 heteroatoms. The van der Waals surface area contributed by atoms with E-state index in [1.165, 1.54) is 6.07 Å². The fourth-order valence-electron chi connectivity index (χ4n) is 2.44. The first-order chi connectivity index (χ1) is 9.94. The minimum absolute atomic E-state index is 0.0810. The molecular formula is C14H22N2O4S. The van der Waals surface area contributed by atoms with E-state index in [1.54, 1.807) is 12.1 Å². The molecule has 1 saturated heterocycles. The van der Waals surface area contributed by atoms with E-state index < -0.39 is 16.3 Å². The molecule has 0 aromatic heterocycles. The third-order valence-electron chi connectivity index (χ3n) is 3.56. The summed E-state index contributed by atoms with van der Waals surface area (Å²) < 4.78 is 27.1. The van der Waals surface area contributed by atoms with Crippen LogP contribution in [0.4, 0.5) is 5.69 Å². The fourth-order valence-corrected chi connectivity index (χ4v) is 3.70. The number of aliphatic hydroxyl groups excluding tert-OH is 1. The summed E-state index contributed by atoms with van der Waals surface area (Å²) in [6.07, 6.45) is 2.74. The molecule has 0 bridgehead atoms. The monoisotopic (exact) mass is 314 g/mol. The minimum Gasteiger partial charge on any atom is -0.506 e. The number of hydrogen-bond acceptors (Lipinski definition) is 4. The molecule has 21 heavy (non-hydrogen) atoms. The minimum atomic E-state index is -3.54. The molecule has 1 unspecified atom stereocenters. The van der Waals surface area contributed by atoms with E-state index in [2.05, 4.69) is 11.6 Å². The number of aliphatic hydroxyl groups is 1. The molecule has 0 amide bonds. The number of nitrogens with zero attached hydrogens (tertiary/aromatic N) is 1. The Morgan fingerprint density at radius 2 is 2.19 bits per heavy atom. The summed E-state index contributed by atoms with van der Waals surface area (Å²) in [5.41, 5.74) is 1.07. The summed E-state index contributed by atoms with van der Waals surface area (Å²) >= 11 is 0. The van der Waals surface area contributed by atoms with E-state index in [1.807, 2.05) is 0 Å². The maximum atomic E-state index is 11.8. The van der Waals surface area contributed by atoms with Crippen LogP contribution in [0.5, 0.6) is 5.75 Å². The third kappa shape index (κ3) is 3.87. The number of aromatic hydroxyl groups is 1. The number of unbranched alkanes of at least 4 members (excludes halogenated alkanes) is 1. The van der Waals surface area contributed by atoms with E-state index in [4.69, 9.17) is 0 Å². The standard InChI is InChI=1S/C14H22N2O4S/c1-2-3-4-12(17)9-11-5-6-13(14(18)10-11)16-8-7-15-21(16,19)20/h5-6,10,12,15,17-18H,2-4,7-9H2,1H3. The molecule has 2 rings (SSSR count). The molecule has 1 aromatic rings. The molecule has 3 N–H and O–H groups in total. The third-order valence-corrected chi connectivity index (χ3v) is 5.09. The quantitative estimate of drug-likeness (QED) is 0.734. The van der Waals surface area contributed by atoms with Crippen molar-refractivity contribution in [2.75, 3.05) is 17.4 Å². The number of hydrogen-bond donors (Lipinski definition) is 3. The highest BCUT2D eigenvalue weighted by atomic mass is 32.2. The molecule has 0 spiro atoms. The Bertz CT molecular complexity index is 589. The topological polar surface area (TPSA) is 89.9 Å². The van der Waals surface area contributed by atoms with E-state index >= 15 is 0 Å². The average Bonchev–Trinajstić information content (AvgIpc) is 2.76. The summed E-state index contributed by atoms with van der Waals surface area (Å²) in [6.45, 7) is 2.70. The molecular weight excluding hydrogens is 292 g/mol. The van der Waals surface area contributed by atoms with Crippen LogP contribution in [0.15, 0.2) is 18.2 Å². The van der Waals surface area contributed by atoms with Gasteiger partial charge < -0.3 is 10.2 Å². The van der Waals surface area contributed by atoms with E-state index in [9.17, 15) is 18.6 Å². The Morgan fingerprint density at radius 3 is 2.76 bits per heavy atom. The molecule has 1 atom stereocenters. The van der Waals surface area contributed by atoms with Gasteiger partial charge in [0.2, 0.25) is 0 Å². The summed E-state index contributed by atoms with van der Waals surface area (Å²) in [4.78, 5) is 0. The Kier molecular flexibility index (Phi) is 5.08. The highest BCUT2D eigenvalue weighted by molar-refractivity contribution is 7.91. The van der Waals surface area contributed by atoms with Crippen LogP contribution < -0.4 is 9.03 Å². The van der Waals surface area contributed by atoms with Gasteiger partial charge in [0, 0.05) is 13.1 Å². The zero-order chi connectivity index (χ0) is 15.5. The second-order valence-electron chi connectivity index (χ2n) is 5.29. The molecule has 1 fully saturated rings. The predicted octanol–water partition coefficient (Wildman–Crippen LogP) is 1.14.